The van der Waals surface area contributed by atoms with E-state index >= 15 is 0 Å². The molecule has 0 spiro atoms. The van der Waals surface area contributed by atoms with Crippen molar-refractivity contribution in [1.29, 1.82) is 0 Å². The predicted molar refractivity (Wildman–Crippen MR) is 42.1 cm³/mol. The molecule has 0 aromatic rings. The second kappa shape index (κ2) is 11.2. The minimum atomic E-state index is -2.54. The summed E-state index contributed by atoms with van der Waals surface area (Å²) in [5, 5.41) is 30.5. The largest absolute Gasteiger partial charge is 2.00 e. The first kappa shape index (κ1) is 23.5. The van der Waals surface area contributed by atoms with Crippen molar-refractivity contribution in [3.63, 3.8) is 0 Å². The summed E-state index contributed by atoms with van der Waals surface area (Å²) in [6.45, 7) is 0. The van der Waals surface area contributed by atoms with Gasteiger partial charge in [-0.3, -0.25) is 4.79 Å². The molecule has 11 heteroatoms. The third-order valence-electron chi connectivity index (χ3n) is 1.64. The number of aliphatic carboxylic acids is 3. The van der Waals surface area contributed by atoms with Crippen molar-refractivity contribution in [3.05, 3.63) is 0 Å². The van der Waals surface area contributed by atoms with Crippen molar-refractivity contribution in [2.45, 2.75) is 25.0 Å². The Kier molecular flexibility index (Phi) is 13.8. The average molecular weight is 325 g/mol. The zero-order chi connectivity index (χ0) is 13.6. The Balaban J connectivity index is -0.00000128. The molecule has 2 N–H and O–H groups in total. The quantitative estimate of drug-likeness (QED) is 0.271. The van der Waals surface area contributed by atoms with E-state index in [9.17, 15) is 34.5 Å². The molecule has 0 unspecified atom stereocenters. The molecule has 0 amide bonds. The minimum Gasteiger partial charge on any atom is -0.548 e. The van der Waals surface area contributed by atoms with Crippen molar-refractivity contribution in [2.24, 2.45) is 5.73 Å². The summed E-state index contributed by atoms with van der Waals surface area (Å²) in [4.78, 5) is 41.4. The minimum absolute atomic E-state index is 0. The van der Waals surface area contributed by atoms with Gasteiger partial charge in [-0.1, -0.05) is 0 Å². The first-order valence-corrected chi connectivity index (χ1v) is 4.33. The van der Waals surface area contributed by atoms with Gasteiger partial charge in [0.15, 0.2) is 6.10 Å². The number of esters is 1. The Morgan fingerprint density at radius 3 is 1.74 bits per heavy atom. The van der Waals surface area contributed by atoms with Gasteiger partial charge in [0.25, 0.3) is 0 Å². The molecule has 0 fully saturated rings. The molecule has 0 rings (SSSR count). The van der Waals surface area contributed by atoms with Crippen LogP contribution in [-0.2, 0) is 41.0 Å². The number of carboxylic acid groups (broad SMARTS) is 3. The van der Waals surface area contributed by atoms with Crippen molar-refractivity contribution >= 4 is 23.9 Å². The molecule has 0 aromatic heterocycles. The van der Waals surface area contributed by atoms with Crippen LogP contribution in [0.3, 0.4) is 0 Å². The van der Waals surface area contributed by atoms with E-state index in [-0.39, 0.29) is 53.0 Å². The summed E-state index contributed by atoms with van der Waals surface area (Å²) < 4.78 is 3.97. The SMILES string of the molecule is N[C@@H](CCC(=O)OC(C(=O)[O-])C(=O)[O-])C(=O)[O-].[Fe+2].[Na+]. The summed E-state index contributed by atoms with van der Waals surface area (Å²) in [6.07, 6.45) is -3.50. The van der Waals surface area contributed by atoms with Crippen molar-refractivity contribution in [1.82, 2.24) is 0 Å². The molecule has 1 atom stereocenters. The van der Waals surface area contributed by atoms with Gasteiger partial charge in [-0.15, -0.1) is 0 Å². The third kappa shape index (κ3) is 9.88. The topological polar surface area (TPSA) is 173 Å². The van der Waals surface area contributed by atoms with E-state index < -0.39 is 42.4 Å². The molecule has 0 aliphatic rings. The Morgan fingerprint density at radius 1 is 1.00 bits per heavy atom. The molecule has 19 heavy (non-hydrogen) atoms. The fourth-order valence-electron chi connectivity index (χ4n) is 0.774. The second-order valence-corrected chi connectivity index (χ2v) is 2.97. The number of hydrogen-bond donors (Lipinski definition) is 1. The fourth-order valence-corrected chi connectivity index (χ4v) is 0.774. The monoisotopic (exact) mass is 325 g/mol. The van der Waals surface area contributed by atoms with Gasteiger partial charge in [0.05, 0.1) is 17.9 Å². The summed E-state index contributed by atoms with van der Waals surface area (Å²) >= 11 is 0. The number of hydrogen-bond acceptors (Lipinski definition) is 9. The molecule has 0 saturated carbocycles. The summed E-state index contributed by atoms with van der Waals surface area (Å²) in [6, 6.07) is -1.44. The van der Waals surface area contributed by atoms with E-state index in [4.69, 9.17) is 5.73 Å². The van der Waals surface area contributed by atoms with E-state index in [1.165, 1.54) is 0 Å². The Bertz CT molecular complexity index is 336. The zero-order valence-corrected chi connectivity index (χ0v) is 12.9. The van der Waals surface area contributed by atoms with Crippen molar-refractivity contribution in [3.8, 4) is 0 Å². The van der Waals surface area contributed by atoms with Crippen LogP contribution < -0.4 is 50.6 Å². The summed E-state index contributed by atoms with van der Waals surface area (Å²) in [5.74, 6) is -7.15. The molecule has 0 aliphatic carbocycles. The maximum absolute atomic E-state index is 10.9. The van der Waals surface area contributed by atoms with Crippen LogP contribution in [0.25, 0.3) is 0 Å². The van der Waals surface area contributed by atoms with Gasteiger partial charge >= 0.3 is 52.6 Å². The standard InChI is InChI=1S/C8H11NO8.Fe.Na/c9-3(6(11)12)1-2-4(10)17-5(7(13)14)8(15)16;;/h3,5H,1-2,9H2,(H,11,12)(H,13,14)(H,15,16);;/q;+2;+1/p-3/t3-;;/m0../s1. The number of rotatable bonds is 7. The van der Waals surface area contributed by atoms with Gasteiger partial charge in [-0.25, -0.2) is 0 Å². The van der Waals surface area contributed by atoms with Gasteiger partial charge in [-0.05, 0) is 6.42 Å². The van der Waals surface area contributed by atoms with Crippen molar-refractivity contribution in [2.75, 3.05) is 0 Å². The maximum Gasteiger partial charge on any atom is 2.00 e. The van der Waals surface area contributed by atoms with E-state index in [0.717, 1.165) is 0 Å². The fraction of sp³-hybridized carbons (Fsp3) is 0.500. The van der Waals surface area contributed by atoms with E-state index in [1.54, 1.807) is 0 Å². The average Bonchev–Trinajstić information content (AvgIpc) is 2.21. The Hall–Kier alpha value is -0.641. The molecule has 0 heterocycles. The first-order valence-electron chi connectivity index (χ1n) is 4.33. The van der Waals surface area contributed by atoms with Crippen LogP contribution in [0.15, 0.2) is 0 Å². The van der Waals surface area contributed by atoms with Crippen LogP contribution >= 0.6 is 0 Å². The maximum atomic E-state index is 10.9. The first-order chi connectivity index (χ1) is 7.75. The van der Waals surface area contributed by atoms with Gasteiger partial charge < -0.3 is 40.2 Å². The number of carbonyl (C=O) groups is 4. The van der Waals surface area contributed by atoms with Crippen LogP contribution in [0.2, 0.25) is 0 Å². The second-order valence-electron chi connectivity index (χ2n) is 2.97. The smallest absolute Gasteiger partial charge is 0.548 e. The van der Waals surface area contributed by atoms with E-state index in [2.05, 4.69) is 4.74 Å². The van der Waals surface area contributed by atoms with Crippen LogP contribution in [-0.4, -0.2) is 36.0 Å². The van der Waals surface area contributed by atoms with Crippen molar-refractivity contribution < 1.29 is 85.9 Å². The van der Waals surface area contributed by atoms with Gasteiger partial charge in [0, 0.05) is 12.5 Å². The number of carbonyl (C=O) groups excluding carboxylic acids is 4. The van der Waals surface area contributed by atoms with Crippen LogP contribution in [0.1, 0.15) is 12.8 Å². The Labute approximate surface area is 140 Å². The number of carboxylic acids is 3. The third-order valence-corrected chi connectivity index (χ3v) is 1.64. The number of ether oxygens (including phenoxy) is 1. The number of nitrogens with two attached hydrogens (primary N) is 1. The van der Waals surface area contributed by atoms with Gasteiger partial charge in [0.1, 0.15) is 0 Å². The predicted octanol–water partition coefficient (Wildman–Crippen LogP) is -8.74. The molecule has 0 radical (unpaired) electrons. The summed E-state index contributed by atoms with van der Waals surface area (Å²) in [5.41, 5.74) is 4.99. The molecular weight excluding hydrogens is 317 g/mol. The van der Waals surface area contributed by atoms with Gasteiger partial charge in [0.2, 0.25) is 0 Å². The van der Waals surface area contributed by atoms with Crippen LogP contribution in [0.4, 0.5) is 0 Å². The Morgan fingerprint density at radius 2 is 1.42 bits per heavy atom. The molecular formula is C8H8FeNNaO8. The molecule has 0 aliphatic heterocycles. The van der Waals surface area contributed by atoms with Crippen LogP contribution in [0, 0.1) is 0 Å². The molecule has 102 valence electrons. The van der Waals surface area contributed by atoms with E-state index in [0.29, 0.717) is 0 Å². The van der Waals surface area contributed by atoms with E-state index in [1.807, 2.05) is 0 Å². The molecule has 9 nitrogen and oxygen atoms in total. The molecule has 0 aromatic carbocycles. The molecule has 0 bridgehead atoms. The van der Waals surface area contributed by atoms with Crippen LogP contribution in [0.5, 0.6) is 0 Å². The van der Waals surface area contributed by atoms with Gasteiger partial charge in [-0.2, -0.15) is 0 Å². The zero-order valence-electron chi connectivity index (χ0n) is 9.77. The summed E-state index contributed by atoms with van der Waals surface area (Å²) in [7, 11) is 0. The normalized spacial score (nSPS) is 10.6. The molecule has 0 saturated heterocycles.